The predicted octanol–water partition coefficient (Wildman–Crippen LogP) is 3.30. The molecular formula is C19H20FN5O. The molecule has 0 radical (unpaired) electrons. The highest BCUT2D eigenvalue weighted by molar-refractivity contribution is 5.75. The van der Waals surface area contributed by atoms with Crippen molar-refractivity contribution >= 4 is 11.7 Å². The number of rotatable bonds is 5. The van der Waals surface area contributed by atoms with Gasteiger partial charge in [0.05, 0.1) is 6.04 Å². The third-order valence-electron chi connectivity index (χ3n) is 4.58. The summed E-state index contributed by atoms with van der Waals surface area (Å²) in [6.07, 6.45) is 3.87. The maximum absolute atomic E-state index is 13.1. The topological polar surface area (TPSA) is 62.5 Å². The minimum atomic E-state index is -0.283. The SMILES string of the molecule is CC(NC(=O)N(Cc1ccc(F)cc1)C1CC1)c1nnc2ccccn12. The van der Waals surface area contributed by atoms with Crippen LogP contribution in [0.25, 0.3) is 5.65 Å². The molecule has 1 unspecified atom stereocenters. The van der Waals surface area contributed by atoms with Crippen molar-refractivity contribution in [2.24, 2.45) is 0 Å². The van der Waals surface area contributed by atoms with Crippen molar-refractivity contribution in [3.8, 4) is 0 Å². The Morgan fingerprint density at radius 1 is 1.27 bits per heavy atom. The molecule has 1 aliphatic carbocycles. The van der Waals surface area contributed by atoms with E-state index in [1.54, 1.807) is 12.1 Å². The first-order chi connectivity index (χ1) is 12.6. The van der Waals surface area contributed by atoms with Crippen molar-refractivity contribution in [1.82, 2.24) is 24.8 Å². The molecule has 2 amide bonds. The molecule has 1 atom stereocenters. The van der Waals surface area contributed by atoms with E-state index in [1.165, 1.54) is 12.1 Å². The van der Waals surface area contributed by atoms with Crippen LogP contribution < -0.4 is 5.32 Å². The summed E-state index contributed by atoms with van der Waals surface area (Å²) >= 11 is 0. The van der Waals surface area contributed by atoms with E-state index in [0.29, 0.717) is 12.4 Å². The molecule has 0 spiro atoms. The lowest BCUT2D eigenvalue weighted by atomic mass is 10.2. The summed E-state index contributed by atoms with van der Waals surface area (Å²) in [6.45, 7) is 2.36. The summed E-state index contributed by atoms with van der Waals surface area (Å²) in [7, 11) is 0. The Bertz CT molecular complexity index is 919. The van der Waals surface area contributed by atoms with E-state index in [2.05, 4.69) is 15.5 Å². The Kier molecular flexibility index (Phi) is 4.28. The number of amides is 2. The zero-order valence-corrected chi connectivity index (χ0v) is 14.5. The van der Waals surface area contributed by atoms with Crippen LogP contribution in [0.3, 0.4) is 0 Å². The van der Waals surface area contributed by atoms with Gasteiger partial charge in [0.2, 0.25) is 0 Å². The largest absolute Gasteiger partial charge is 0.328 e. The number of nitrogens with zero attached hydrogens (tertiary/aromatic N) is 4. The van der Waals surface area contributed by atoms with Gasteiger partial charge in [-0.25, -0.2) is 9.18 Å². The molecule has 4 rings (SSSR count). The van der Waals surface area contributed by atoms with Gasteiger partial charge >= 0.3 is 6.03 Å². The second-order valence-electron chi connectivity index (χ2n) is 6.64. The molecule has 2 heterocycles. The van der Waals surface area contributed by atoms with Crippen LogP contribution in [-0.2, 0) is 6.54 Å². The molecule has 0 saturated heterocycles. The van der Waals surface area contributed by atoms with Crippen LogP contribution in [0.5, 0.6) is 0 Å². The van der Waals surface area contributed by atoms with Gasteiger partial charge in [-0.1, -0.05) is 18.2 Å². The van der Waals surface area contributed by atoms with Gasteiger partial charge in [-0.2, -0.15) is 0 Å². The third-order valence-corrected chi connectivity index (χ3v) is 4.58. The molecule has 1 aromatic carbocycles. The molecule has 1 aliphatic rings. The molecule has 1 saturated carbocycles. The normalized spacial score (nSPS) is 15.0. The lowest BCUT2D eigenvalue weighted by Crippen LogP contribution is -2.42. The Hall–Kier alpha value is -2.96. The first-order valence-corrected chi connectivity index (χ1v) is 8.73. The van der Waals surface area contributed by atoms with Crippen LogP contribution in [0, 0.1) is 5.82 Å². The Morgan fingerprint density at radius 2 is 2.04 bits per heavy atom. The van der Waals surface area contributed by atoms with Gasteiger partial charge in [0, 0.05) is 18.8 Å². The molecule has 6 nitrogen and oxygen atoms in total. The summed E-state index contributed by atoms with van der Waals surface area (Å²) < 4.78 is 15.0. The van der Waals surface area contributed by atoms with E-state index in [9.17, 15) is 9.18 Å². The van der Waals surface area contributed by atoms with E-state index in [0.717, 1.165) is 24.1 Å². The number of nitrogens with one attached hydrogen (secondary N) is 1. The van der Waals surface area contributed by atoms with Gasteiger partial charge in [-0.15, -0.1) is 10.2 Å². The molecule has 7 heteroatoms. The van der Waals surface area contributed by atoms with E-state index < -0.39 is 0 Å². The van der Waals surface area contributed by atoms with Crippen molar-refractivity contribution in [3.63, 3.8) is 0 Å². The number of carbonyl (C=O) groups excluding carboxylic acids is 1. The van der Waals surface area contributed by atoms with E-state index in [1.807, 2.05) is 40.6 Å². The number of urea groups is 1. The summed E-state index contributed by atoms with van der Waals surface area (Å²) in [5, 5.41) is 11.3. The quantitative estimate of drug-likeness (QED) is 0.765. The summed E-state index contributed by atoms with van der Waals surface area (Å²) in [5.74, 6) is 0.412. The molecule has 26 heavy (non-hydrogen) atoms. The van der Waals surface area contributed by atoms with Crippen LogP contribution in [0.2, 0.25) is 0 Å². The fourth-order valence-corrected chi connectivity index (χ4v) is 3.03. The smallest absolute Gasteiger partial charge is 0.318 e. The van der Waals surface area contributed by atoms with Gasteiger partial charge in [-0.05, 0) is 49.6 Å². The van der Waals surface area contributed by atoms with Crippen molar-refractivity contribution in [2.45, 2.75) is 38.4 Å². The second kappa shape index (κ2) is 6.74. The Balaban J connectivity index is 1.48. The van der Waals surface area contributed by atoms with E-state index in [-0.39, 0.29) is 23.9 Å². The summed E-state index contributed by atoms with van der Waals surface area (Å²) in [4.78, 5) is 14.6. The standard InChI is InChI=1S/C19H20FN5O/c1-13(18-23-22-17-4-2-3-11-24(17)18)21-19(26)25(16-9-10-16)12-14-5-7-15(20)8-6-14/h2-8,11,13,16H,9-10,12H2,1H3,(H,21,26). The second-order valence-corrected chi connectivity index (χ2v) is 6.64. The highest BCUT2D eigenvalue weighted by Crippen LogP contribution is 2.29. The van der Waals surface area contributed by atoms with E-state index >= 15 is 0 Å². The molecule has 2 aromatic heterocycles. The fraction of sp³-hybridized carbons (Fsp3) is 0.316. The minimum Gasteiger partial charge on any atom is -0.328 e. The number of halogens is 1. The average molecular weight is 353 g/mol. The van der Waals surface area contributed by atoms with Gasteiger partial charge in [0.25, 0.3) is 0 Å². The van der Waals surface area contributed by atoms with Crippen molar-refractivity contribution in [1.29, 1.82) is 0 Å². The van der Waals surface area contributed by atoms with Crippen LogP contribution in [0.1, 0.15) is 37.2 Å². The van der Waals surface area contributed by atoms with Crippen LogP contribution in [0.4, 0.5) is 9.18 Å². The number of pyridine rings is 1. The third kappa shape index (κ3) is 3.37. The highest BCUT2D eigenvalue weighted by Gasteiger charge is 2.33. The maximum Gasteiger partial charge on any atom is 0.318 e. The monoisotopic (exact) mass is 353 g/mol. The highest BCUT2D eigenvalue weighted by atomic mass is 19.1. The Labute approximate surface area is 150 Å². The molecule has 0 aliphatic heterocycles. The van der Waals surface area contributed by atoms with Gasteiger partial charge < -0.3 is 10.2 Å². The number of carbonyl (C=O) groups is 1. The van der Waals surface area contributed by atoms with Gasteiger partial charge in [0.1, 0.15) is 5.82 Å². The molecule has 3 aromatic rings. The average Bonchev–Trinajstić information content (AvgIpc) is 3.39. The number of hydrogen-bond donors (Lipinski definition) is 1. The zero-order valence-electron chi connectivity index (χ0n) is 14.5. The number of hydrogen-bond acceptors (Lipinski definition) is 3. The number of aromatic nitrogens is 3. The first kappa shape index (κ1) is 16.5. The first-order valence-electron chi connectivity index (χ1n) is 8.73. The minimum absolute atomic E-state index is 0.142. The van der Waals surface area contributed by atoms with Crippen molar-refractivity contribution in [2.75, 3.05) is 0 Å². The number of benzene rings is 1. The fourth-order valence-electron chi connectivity index (χ4n) is 3.03. The van der Waals surface area contributed by atoms with Crippen LogP contribution in [-0.4, -0.2) is 31.6 Å². The molecular weight excluding hydrogens is 333 g/mol. The molecule has 1 fully saturated rings. The molecule has 1 N–H and O–H groups in total. The van der Waals surface area contributed by atoms with Gasteiger partial charge in [-0.3, -0.25) is 4.40 Å². The molecule has 134 valence electrons. The summed E-state index contributed by atoms with van der Waals surface area (Å²) in [6, 6.07) is 11.8. The number of fused-ring (bicyclic) bond motifs is 1. The van der Waals surface area contributed by atoms with Crippen molar-refractivity contribution < 1.29 is 9.18 Å². The Morgan fingerprint density at radius 3 is 2.77 bits per heavy atom. The summed E-state index contributed by atoms with van der Waals surface area (Å²) in [5.41, 5.74) is 1.66. The van der Waals surface area contributed by atoms with Crippen molar-refractivity contribution in [3.05, 3.63) is 65.9 Å². The predicted molar refractivity (Wildman–Crippen MR) is 94.9 cm³/mol. The molecule has 0 bridgehead atoms. The van der Waals surface area contributed by atoms with Crippen LogP contribution >= 0.6 is 0 Å². The zero-order chi connectivity index (χ0) is 18.1. The lowest BCUT2D eigenvalue weighted by Gasteiger charge is -2.25. The van der Waals surface area contributed by atoms with E-state index in [4.69, 9.17) is 0 Å². The van der Waals surface area contributed by atoms with Crippen LogP contribution in [0.15, 0.2) is 48.7 Å². The maximum atomic E-state index is 13.1. The lowest BCUT2D eigenvalue weighted by molar-refractivity contribution is 0.188. The van der Waals surface area contributed by atoms with Gasteiger partial charge in [0.15, 0.2) is 11.5 Å².